The number of aliphatic carboxylic acids is 1. The average Bonchev–Trinajstić information content (AvgIpc) is 2.15. The Bertz CT molecular complexity index is 465. The molecule has 0 radical (unpaired) electrons. The summed E-state index contributed by atoms with van der Waals surface area (Å²) in [5.41, 5.74) is 0.950. The van der Waals surface area contributed by atoms with Crippen LogP contribution in [0.3, 0.4) is 0 Å². The summed E-state index contributed by atoms with van der Waals surface area (Å²) in [6.07, 6.45) is 0. The molecule has 1 N–H and O–H groups in total. The van der Waals surface area contributed by atoms with E-state index in [0.29, 0.717) is 0 Å². The summed E-state index contributed by atoms with van der Waals surface area (Å²) in [6.45, 7) is 1.79. The van der Waals surface area contributed by atoms with E-state index in [1.54, 1.807) is 19.1 Å². The monoisotopic (exact) mass is 314 g/mol. The third kappa shape index (κ3) is 3.71. The highest BCUT2D eigenvalue weighted by molar-refractivity contribution is 6.57. The van der Waals surface area contributed by atoms with Crippen LogP contribution in [-0.4, -0.2) is 15.5 Å². The first-order valence-corrected chi connectivity index (χ1v) is 5.75. The number of aryl methyl sites for hydroxylation is 1. The Hall–Kier alpha value is -0.550. The second kappa shape index (κ2) is 5.40. The highest BCUT2D eigenvalue weighted by atomic mass is 35.5. The van der Waals surface area contributed by atoms with Gasteiger partial charge in [-0.3, -0.25) is 0 Å². The van der Waals surface area contributed by atoms with Crippen molar-refractivity contribution in [3.63, 3.8) is 0 Å². The minimum absolute atomic E-state index is 0.117. The summed E-state index contributed by atoms with van der Waals surface area (Å²) in [5.74, 6) is -1.54. The molecule has 8 heteroatoms. The van der Waals surface area contributed by atoms with Crippen LogP contribution in [0.15, 0.2) is 22.4 Å². The Morgan fingerprint density at radius 3 is 2.18 bits per heavy atom. The standard InChI is InChI=1S/C9H6Cl4N2O2/c1-4-2-5(10)7(6(11)3-4)14-15-9(12,13)8(16)17/h2-3H,1H3,(H,16,17). The van der Waals surface area contributed by atoms with Crippen LogP contribution in [0.4, 0.5) is 5.69 Å². The van der Waals surface area contributed by atoms with Gasteiger partial charge in [0.1, 0.15) is 5.69 Å². The second-order valence-corrected chi connectivity index (χ2v) is 5.23. The predicted octanol–water partition coefficient (Wildman–Crippen LogP) is 4.60. The SMILES string of the molecule is Cc1cc(Cl)c(N=NC(Cl)(Cl)C(=O)O)c(Cl)c1. The summed E-state index contributed by atoms with van der Waals surface area (Å²) < 4.78 is -2.36. The molecule has 0 aliphatic heterocycles. The quantitative estimate of drug-likeness (QED) is 0.503. The van der Waals surface area contributed by atoms with Crippen LogP contribution < -0.4 is 0 Å². The van der Waals surface area contributed by atoms with Gasteiger partial charge in [-0.25, -0.2) is 4.79 Å². The van der Waals surface area contributed by atoms with Crippen molar-refractivity contribution in [2.75, 3.05) is 0 Å². The van der Waals surface area contributed by atoms with Gasteiger partial charge in [-0.05, 0) is 24.6 Å². The summed E-state index contributed by atoms with van der Waals surface area (Å²) >= 11 is 22.5. The number of carbonyl (C=O) groups is 1. The molecule has 92 valence electrons. The van der Waals surface area contributed by atoms with Gasteiger partial charge in [0, 0.05) is 0 Å². The molecule has 1 aromatic carbocycles. The molecule has 0 saturated carbocycles. The molecule has 0 unspecified atom stereocenters. The molecule has 1 rings (SSSR count). The number of hydrogen-bond acceptors (Lipinski definition) is 3. The minimum Gasteiger partial charge on any atom is -0.478 e. The Labute approximate surface area is 117 Å². The average molecular weight is 316 g/mol. The first-order chi connectivity index (χ1) is 7.74. The molecule has 0 saturated heterocycles. The van der Waals surface area contributed by atoms with Crippen LogP contribution in [-0.2, 0) is 4.79 Å². The first kappa shape index (κ1) is 14.5. The number of carboxylic acids is 1. The van der Waals surface area contributed by atoms with Crippen molar-refractivity contribution in [2.24, 2.45) is 10.2 Å². The van der Waals surface area contributed by atoms with E-state index < -0.39 is 10.4 Å². The summed E-state index contributed by atoms with van der Waals surface area (Å²) in [6, 6.07) is 3.21. The number of rotatable bonds is 3. The number of nitrogens with zero attached hydrogens (tertiary/aromatic N) is 2. The summed E-state index contributed by atoms with van der Waals surface area (Å²) in [7, 11) is 0. The molecule has 0 heterocycles. The van der Waals surface area contributed by atoms with Gasteiger partial charge in [-0.2, -0.15) is 0 Å². The zero-order chi connectivity index (χ0) is 13.2. The minimum atomic E-state index is -2.36. The van der Waals surface area contributed by atoms with Crippen LogP contribution in [0.25, 0.3) is 0 Å². The van der Waals surface area contributed by atoms with Gasteiger partial charge in [0.15, 0.2) is 0 Å². The second-order valence-electron chi connectivity index (χ2n) is 3.12. The zero-order valence-corrected chi connectivity index (χ0v) is 11.4. The maximum absolute atomic E-state index is 10.6. The Balaban J connectivity index is 3.12. The number of benzene rings is 1. The molecule has 1 aromatic rings. The van der Waals surface area contributed by atoms with E-state index in [-0.39, 0.29) is 15.7 Å². The molecule has 0 amide bonds. The normalized spacial score (nSPS) is 12.1. The summed E-state index contributed by atoms with van der Waals surface area (Å²) in [4.78, 5) is 10.6. The highest BCUT2D eigenvalue weighted by Crippen LogP contribution is 2.36. The topological polar surface area (TPSA) is 62.0 Å². The number of carboxylic acid groups (broad SMARTS) is 1. The molecule has 0 atom stereocenters. The lowest BCUT2D eigenvalue weighted by molar-refractivity contribution is -0.137. The van der Waals surface area contributed by atoms with E-state index in [9.17, 15) is 4.79 Å². The molecule has 0 bridgehead atoms. The van der Waals surface area contributed by atoms with Gasteiger partial charge in [0.25, 0.3) is 0 Å². The van der Waals surface area contributed by atoms with Gasteiger partial charge in [0.05, 0.1) is 10.0 Å². The van der Waals surface area contributed by atoms with E-state index in [1.807, 2.05) is 0 Å². The first-order valence-electron chi connectivity index (χ1n) is 4.24. The van der Waals surface area contributed by atoms with Crippen molar-refractivity contribution in [2.45, 2.75) is 11.4 Å². The molecule has 0 fully saturated rings. The molecule has 17 heavy (non-hydrogen) atoms. The molecule has 4 nitrogen and oxygen atoms in total. The fraction of sp³-hybridized carbons (Fsp3) is 0.222. The number of halogens is 4. The fourth-order valence-corrected chi connectivity index (χ4v) is 1.69. The van der Waals surface area contributed by atoms with Crippen LogP contribution in [0, 0.1) is 6.92 Å². The van der Waals surface area contributed by atoms with E-state index in [1.165, 1.54) is 0 Å². The van der Waals surface area contributed by atoms with Crippen LogP contribution in [0.1, 0.15) is 5.56 Å². The molecule has 0 spiro atoms. The number of hydrogen-bond donors (Lipinski definition) is 1. The van der Waals surface area contributed by atoms with Crippen molar-refractivity contribution in [1.29, 1.82) is 0 Å². The van der Waals surface area contributed by atoms with Gasteiger partial charge in [-0.1, -0.05) is 46.4 Å². The molecule has 0 aromatic heterocycles. The lowest BCUT2D eigenvalue weighted by atomic mass is 10.2. The maximum Gasteiger partial charge on any atom is 0.365 e. The number of azo groups is 1. The van der Waals surface area contributed by atoms with Gasteiger partial charge >= 0.3 is 10.4 Å². The fourth-order valence-electron chi connectivity index (χ4n) is 0.943. The lowest BCUT2D eigenvalue weighted by Crippen LogP contribution is -2.21. The zero-order valence-electron chi connectivity index (χ0n) is 8.42. The molecule has 0 aliphatic carbocycles. The summed E-state index contributed by atoms with van der Waals surface area (Å²) in [5, 5.41) is 15.9. The predicted molar refractivity (Wildman–Crippen MR) is 67.8 cm³/mol. The van der Waals surface area contributed by atoms with Crippen molar-refractivity contribution in [1.82, 2.24) is 0 Å². The van der Waals surface area contributed by atoms with E-state index in [4.69, 9.17) is 51.5 Å². The van der Waals surface area contributed by atoms with Crippen LogP contribution in [0.5, 0.6) is 0 Å². The Morgan fingerprint density at radius 2 is 1.76 bits per heavy atom. The third-order valence-electron chi connectivity index (χ3n) is 1.69. The van der Waals surface area contributed by atoms with E-state index in [2.05, 4.69) is 10.2 Å². The van der Waals surface area contributed by atoms with Crippen molar-refractivity contribution >= 4 is 58.1 Å². The van der Waals surface area contributed by atoms with Gasteiger partial charge < -0.3 is 5.11 Å². The smallest absolute Gasteiger partial charge is 0.365 e. The van der Waals surface area contributed by atoms with Crippen molar-refractivity contribution < 1.29 is 9.90 Å². The molecular formula is C9H6Cl4N2O2. The molecule has 0 aliphatic rings. The van der Waals surface area contributed by atoms with Crippen molar-refractivity contribution in [3.8, 4) is 0 Å². The number of alkyl halides is 2. The van der Waals surface area contributed by atoms with Gasteiger partial charge in [0.2, 0.25) is 0 Å². The lowest BCUT2D eigenvalue weighted by Gasteiger charge is -2.07. The van der Waals surface area contributed by atoms with Gasteiger partial charge in [-0.15, -0.1) is 10.2 Å². The largest absolute Gasteiger partial charge is 0.478 e. The van der Waals surface area contributed by atoms with E-state index >= 15 is 0 Å². The highest BCUT2D eigenvalue weighted by Gasteiger charge is 2.33. The van der Waals surface area contributed by atoms with Crippen LogP contribution in [0.2, 0.25) is 10.0 Å². The molecular weight excluding hydrogens is 310 g/mol. The third-order valence-corrected chi connectivity index (χ3v) is 2.74. The van der Waals surface area contributed by atoms with Crippen molar-refractivity contribution in [3.05, 3.63) is 27.7 Å². The van der Waals surface area contributed by atoms with Crippen LogP contribution >= 0.6 is 46.4 Å². The Kier molecular flexibility index (Phi) is 4.61. The van der Waals surface area contributed by atoms with E-state index in [0.717, 1.165) is 5.56 Å². The maximum atomic E-state index is 10.6. The Morgan fingerprint density at radius 1 is 1.29 bits per heavy atom.